The lowest BCUT2D eigenvalue weighted by Crippen LogP contribution is -2.63. The van der Waals surface area contributed by atoms with E-state index in [1.54, 1.807) is 30.4 Å². The molecule has 0 spiro atoms. The third kappa shape index (κ3) is 4.01. The molecule has 2 N–H and O–H groups in total. The number of ether oxygens (including phenoxy) is 2. The Bertz CT molecular complexity index is 1660. The number of nitrogens with one attached hydrogen (secondary N) is 1. The van der Waals surface area contributed by atoms with Crippen LogP contribution in [0.25, 0.3) is 10.9 Å². The van der Waals surface area contributed by atoms with Crippen LogP contribution in [0.1, 0.15) is 65.2 Å². The number of hydrogen-bond acceptors (Lipinski definition) is 8. The van der Waals surface area contributed by atoms with Crippen LogP contribution in [0, 0.1) is 34.5 Å². The summed E-state index contributed by atoms with van der Waals surface area (Å²) in [5.74, 6) is 0.578. The quantitative estimate of drug-likeness (QED) is 0.350. The van der Waals surface area contributed by atoms with Gasteiger partial charge in [-0.1, -0.05) is 62.2 Å². The fourth-order valence-electron chi connectivity index (χ4n) is 10.4. The van der Waals surface area contributed by atoms with Crippen LogP contribution in [0.4, 0.5) is 0 Å². The van der Waals surface area contributed by atoms with E-state index in [9.17, 15) is 19.5 Å². The molecule has 5 fully saturated rings. The number of ketones is 2. The molecule has 2 aromatic rings. The summed E-state index contributed by atoms with van der Waals surface area (Å²) in [5, 5.41) is 12.9. The number of allylic oxidation sites excluding steroid dienone is 4. The second-order valence-corrected chi connectivity index (χ2v) is 15.4. The minimum absolute atomic E-state index is 0.0190. The van der Waals surface area contributed by atoms with Gasteiger partial charge < -0.3 is 19.6 Å². The van der Waals surface area contributed by atoms with Crippen LogP contribution in [0.15, 0.2) is 58.0 Å². The van der Waals surface area contributed by atoms with E-state index >= 15 is 0 Å². The fraction of sp³-hybridized carbons (Fsp3) is 0.600. The van der Waals surface area contributed by atoms with Crippen molar-refractivity contribution in [1.82, 2.24) is 9.97 Å². The number of aromatic amines is 1. The van der Waals surface area contributed by atoms with Crippen molar-refractivity contribution in [3.8, 4) is 0 Å². The zero-order chi connectivity index (χ0) is 30.4. The zero-order valence-corrected chi connectivity index (χ0v) is 26.1. The van der Waals surface area contributed by atoms with Crippen LogP contribution in [0.3, 0.4) is 0 Å². The summed E-state index contributed by atoms with van der Waals surface area (Å²) in [6.07, 6.45) is 11.1. The summed E-state index contributed by atoms with van der Waals surface area (Å²) in [5.41, 5.74) is -0.717. The molecule has 44 heavy (non-hydrogen) atoms. The Labute approximate surface area is 261 Å². The summed E-state index contributed by atoms with van der Waals surface area (Å²) in [4.78, 5) is 47.1. The Balaban J connectivity index is 1.14. The lowest BCUT2D eigenvalue weighted by molar-refractivity contribution is -0.205. The van der Waals surface area contributed by atoms with Crippen LogP contribution in [0.2, 0.25) is 0 Å². The van der Waals surface area contributed by atoms with Gasteiger partial charge in [0.1, 0.15) is 0 Å². The lowest BCUT2D eigenvalue weighted by atomic mass is 9.46. The first kappa shape index (κ1) is 28.9. The molecule has 0 radical (unpaired) electrons. The van der Waals surface area contributed by atoms with Crippen molar-refractivity contribution >= 4 is 34.2 Å². The Kier molecular flexibility index (Phi) is 6.69. The lowest BCUT2D eigenvalue weighted by Gasteiger charge is -2.59. The van der Waals surface area contributed by atoms with Gasteiger partial charge >= 0.3 is 0 Å². The number of rotatable bonds is 5. The average Bonchev–Trinajstić information content (AvgIpc) is 3.72. The van der Waals surface area contributed by atoms with E-state index in [0.29, 0.717) is 28.9 Å². The predicted octanol–water partition coefficient (Wildman–Crippen LogP) is 5.14. The highest BCUT2D eigenvalue weighted by molar-refractivity contribution is 7.99. The van der Waals surface area contributed by atoms with E-state index in [1.807, 2.05) is 12.1 Å². The van der Waals surface area contributed by atoms with Gasteiger partial charge in [0.25, 0.3) is 5.56 Å². The smallest absolute Gasteiger partial charge is 0.259 e. The molecule has 1 saturated heterocycles. The Morgan fingerprint density at radius 3 is 2.77 bits per heavy atom. The van der Waals surface area contributed by atoms with Crippen molar-refractivity contribution in [2.24, 2.45) is 34.5 Å². The predicted molar refractivity (Wildman–Crippen MR) is 166 cm³/mol. The van der Waals surface area contributed by atoms with E-state index in [1.165, 1.54) is 11.8 Å². The molecule has 1 aliphatic heterocycles. The standard InChI is InChI=1S/C35H40N2O6S/c1-33-14-13-21(38)15-20(33)11-12-22-24-16-28-35(34(24,2)17-26(39)29(22)33,43-31(42-28)19-7-3-4-8-19)27(40)18-44-32-36-25-10-6-5-9-23(25)30(41)37-32/h5-6,9-10,13-15,19,22,24,26,28-29,31,39H,3-4,7-8,11-12,16-18H2,1-2H3,(H,36,37,41)/t22?,24?,26-,28+,29?,31?,33?,34?,35+/m0/s1. The molecule has 1 aromatic heterocycles. The van der Waals surface area contributed by atoms with Gasteiger partial charge in [0.15, 0.2) is 28.6 Å². The van der Waals surface area contributed by atoms with Crippen molar-refractivity contribution in [3.05, 3.63) is 58.4 Å². The first-order chi connectivity index (χ1) is 21.1. The molecular formula is C35H40N2O6S. The maximum absolute atomic E-state index is 14.7. The largest absolute Gasteiger partial charge is 0.393 e. The molecule has 0 bridgehead atoms. The van der Waals surface area contributed by atoms with E-state index in [4.69, 9.17) is 9.47 Å². The third-order valence-electron chi connectivity index (χ3n) is 12.4. The maximum atomic E-state index is 14.7. The first-order valence-corrected chi connectivity index (χ1v) is 17.2. The van der Waals surface area contributed by atoms with Gasteiger partial charge in [0.05, 0.1) is 28.9 Å². The SMILES string of the molecule is CC12C=CC(=O)C=C1CCC1C2[C@@H](O)CC2(C)C1C[C@H]1OC(C3CCCC3)O[C@]12C(=O)CSc1nc2ccccc2c(=O)[nH]1. The molecule has 9 atom stereocenters. The highest BCUT2D eigenvalue weighted by Crippen LogP contribution is 2.70. The van der Waals surface area contributed by atoms with Gasteiger partial charge in [-0.15, -0.1) is 0 Å². The molecule has 232 valence electrons. The normalized spacial score (nSPS) is 41.2. The number of nitrogens with zero attached hydrogens (tertiary/aromatic N) is 1. The minimum atomic E-state index is -1.18. The number of aliphatic hydroxyl groups is 1. The van der Waals surface area contributed by atoms with Gasteiger partial charge in [-0.25, -0.2) is 4.98 Å². The van der Waals surface area contributed by atoms with Gasteiger partial charge in [0.2, 0.25) is 0 Å². The van der Waals surface area contributed by atoms with E-state index in [-0.39, 0.29) is 58.1 Å². The van der Waals surface area contributed by atoms with E-state index in [2.05, 4.69) is 23.8 Å². The number of aliphatic hydroxyl groups excluding tert-OH is 1. The zero-order valence-electron chi connectivity index (χ0n) is 25.3. The summed E-state index contributed by atoms with van der Waals surface area (Å²) >= 11 is 1.23. The van der Waals surface area contributed by atoms with Crippen LogP contribution >= 0.6 is 11.8 Å². The minimum Gasteiger partial charge on any atom is -0.393 e. The number of benzene rings is 1. The summed E-state index contributed by atoms with van der Waals surface area (Å²) in [6, 6.07) is 7.19. The fourth-order valence-corrected chi connectivity index (χ4v) is 11.2. The monoisotopic (exact) mass is 616 g/mol. The van der Waals surface area contributed by atoms with Crippen LogP contribution < -0.4 is 5.56 Å². The second kappa shape index (κ2) is 10.2. The van der Waals surface area contributed by atoms with Crippen molar-refractivity contribution in [3.63, 3.8) is 0 Å². The molecule has 1 aromatic carbocycles. The van der Waals surface area contributed by atoms with E-state index < -0.39 is 23.4 Å². The number of carbonyl (C=O) groups is 2. The van der Waals surface area contributed by atoms with Crippen molar-refractivity contribution in [2.45, 2.75) is 94.5 Å². The molecule has 8 rings (SSSR count). The average molecular weight is 617 g/mol. The van der Waals surface area contributed by atoms with Crippen LogP contribution in [-0.4, -0.2) is 56.5 Å². The molecule has 8 nitrogen and oxygen atoms in total. The van der Waals surface area contributed by atoms with Gasteiger partial charge in [0, 0.05) is 22.7 Å². The molecule has 9 heteroatoms. The Morgan fingerprint density at radius 1 is 1.16 bits per heavy atom. The van der Waals surface area contributed by atoms with Crippen LogP contribution in [0.5, 0.6) is 0 Å². The number of aromatic nitrogens is 2. The molecule has 5 aliphatic carbocycles. The molecular weight excluding hydrogens is 576 g/mol. The van der Waals surface area contributed by atoms with Crippen molar-refractivity contribution in [1.29, 1.82) is 0 Å². The van der Waals surface area contributed by atoms with E-state index in [0.717, 1.165) is 44.1 Å². The van der Waals surface area contributed by atoms with Crippen LogP contribution in [-0.2, 0) is 19.1 Å². The summed E-state index contributed by atoms with van der Waals surface area (Å²) in [6.45, 7) is 4.32. The number of para-hydroxylation sites is 1. The molecule has 2 heterocycles. The number of hydrogen-bond donors (Lipinski definition) is 2. The summed E-state index contributed by atoms with van der Waals surface area (Å²) < 4.78 is 13.8. The maximum Gasteiger partial charge on any atom is 0.259 e. The Morgan fingerprint density at radius 2 is 1.95 bits per heavy atom. The first-order valence-electron chi connectivity index (χ1n) is 16.2. The number of H-pyrrole nitrogens is 1. The molecule has 0 amide bonds. The third-order valence-corrected chi connectivity index (χ3v) is 13.3. The molecule has 6 unspecified atom stereocenters. The molecule has 4 saturated carbocycles. The van der Waals surface area contributed by atoms with Crippen molar-refractivity contribution < 1.29 is 24.2 Å². The highest BCUT2D eigenvalue weighted by Gasteiger charge is 2.76. The number of thioether (sulfide) groups is 1. The second-order valence-electron chi connectivity index (χ2n) is 14.4. The topological polar surface area (TPSA) is 119 Å². The summed E-state index contributed by atoms with van der Waals surface area (Å²) in [7, 11) is 0. The number of Topliss-reactive ketones (excluding diaryl/α,β-unsaturated/α-hetero) is 1. The Hall–Kier alpha value is -2.59. The van der Waals surface area contributed by atoms with Gasteiger partial charge in [-0.3, -0.25) is 14.4 Å². The highest BCUT2D eigenvalue weighted by atomic mass is 32.2. The van der Waals surface area contributed by atoms with Crippen molar-refractivity contribution in [2.75, 3.05) is 5.75 Å². The number of fused-ring (bicyclic) bond motifs is 8. The van der Waals surface area contributed by atoms with Gasteiger partial charge in [-0.05, 0) is 74.6 Å². The van der Waals surface area contributed by atoms with Gasteiger partial charge in [-0.2, -0.15) is 0 Å². The molecule has 6 aliphatic rings. The number of carbonyl (C=O) groups excluding carboxylic acids is 2.